The van der Waals surface area contributed by atoms with Gasteiger partial charge in [0.1, 0.15) is 0 Å². The van der Waals surface area contributed by atoms with Crippen molar-refractivity contribution >= 4 is 15.8 Å². The van der Waals surface area contributed by atoms with Gasteiger partial charge in [0, 0.05) is 12.1 Å². The molecule has 5 heteroatoms. The van der Waals surface area contributed by atoms with Crippen LogP contribution in [-0.4, -0.2) is 31.1 Å². The molecule has 4 nitrogen and oxygen atoms in total. The zero-order valence-electron chi connectivity index (χ0n) is 16.1. The van der Waals surface area contributed by atoms with Crippen LogP contribution in [0.2, 0.25) is 0 Å². The first-order valence-electron chi connectivity index (χ1n) is 8.80. The Balaban J connectivity index is 2.34. The maximum absolute atomic E-state index is 13.1. The highest BCUT2D eigenvalue weighted by Gasteiger charge is 2.32. The molecule has 26 heavy (non-hydrogen) atoms. The predicted octanol–water partition coefficient (Wildman–Crippen LogP) is 4.27. The van der Waals surface area contributed by atoms with Crippen LogP contribution in [-0.2, 0) is 15.4 Å². The maximum Gasteiger partial charge on any atom is 0.243 e. The molecule has 1 atom stereocenters. The fourth-order valence-electron chi connectivity index (χ4n) is 2.89. The standard InChI is InChI=1S/C21H27NO3S/c1-6-22(16(2)20(23)17-10-8-7-9-11-17)26(24,25)19-14-12-18(13-15-19)21(3,4)5/h7-16H,6H2,1-5H3. The van der Waals surface area contributed by atoms with Crippen molar-refractivity contribution in [1.29, 1.82) is 0 Å². The highest BCUT2D eigenvalue weighted by Crippen LogP contribution is 2.25. The third-order valence-electron chi connectivity index (χ3n) is 4.51. The normalized spacial score (nSPS) is 13.6. The van der Waals surface area contributed by atoms with Gasteiger partial charge in [-0.15, -0.1) is 0 Å². The number of benzene rings is 2. The second kappa shape index (κ2) is 7.72. The molecular formula is C21H27NO3S. The molecule has 1 unspecified atom stereocenters. The lowest BCUT2D eigenvalue weighted by Crippen LogP contribution is -2.43. The number of Topliss-reactive ketones (excluding diaryl/α,β-unsaturated/α-hetero) is 1. The second-order valence-corrected chi connectivity index (χ2v) is 9.28. The van der Waals surface area contributed by atoms with E-state index >= 15 is 0 Å². The van der Waals surface area contributed by atoms with Gasteiger partial charge in [0.2, 0.25) is 10.0 Å². The summed E-state index contributed by atoms with van der Waals surface area (Å²) in [5.41, 5.74) is 1.52. The Kier molecular flexibility index (Phi) is 6.04. The van der Waals surface area contributed by atoms with Gasteiger partial charge in [0.25, 0.3) is 0 Å². The average molecular weight is 374 g/mol. The molecule has 0 bridgehead atoms. The van der Waals surface area contributed by atoms with E-state index in [2.05, 4.69) is 20.8 Å². The lowest BCUT2D eigenvalue weighted by atomic mass is 9.87. The number of carbonyl (C=O) groups excluding carboxylic acids is 1. The smallest absolute Gasteiger partial charge is 0.243 e. The topological polar surface area (TPSA) is 54.5 Å². The van der Waals surface area contributed by atoms with Gasteiger partial charge in [0.15, 0.2) is 5.78 Å². The molecular weight excluding hydrogens is 346 g/mol. The minimum atomic E-state index is -3.75. The van der Waals surface area contributed by atoms with Gasteiger partial charge in [-0.2, -0.15) is 4.31 Å². The number of rotatable bonds is 6. The summed E-state index contributed by atoms with van der Waals surface area (Å²) < 4.78 is 27.4. The quantitative estimate of drug-likeness (QED) is 0.711. The van der Waals surface area contributed by atoms with Crippen LogP contribution < -0.4 is 0 Å². The van der Waals surface area contributed by atoms with E-state index in [1.165, 1.54) is 4.31 Å². The average Bonchev–Trinajstić information content (AvgIpc) is 2.61. The Morgan fingerprint density at radius 3 is 2.00 bits per heavy atom. The molecule has 0 spiro atoms. The lowest BCUT2D eigenvalue weighted by Gasteiger charge is -2.27. The number of hydrogen-bond acceptors (Lipinski definition) is 3. The molecule has 0 heterocycles. The monoisotopic (exact) mass is 373 g/mol. The molecule has 2 aromatic carbocycles. The van der Waals surface area contributed by atoms with Crippen molar-refractivity contribution in [3.05, 3.63) is 65.7 Å². The lowest BCUT2D eigenvalue weighted by molar-refractivity contribution is 0.0910. The Morgan fingerprint density at radius 1 is 1.00 bits per heavy atom. The molecule has 2 aromatic rings. The van der Waals surface area contributed by atoms with Crippen molar-refractivity contribution in [1.82, 2.24) is 4.31 Å². The van der Waals surface area contributed by atoms with Crippen LogP contribution in [0, 0.1) is 0 Å². The van der Waals surface area contributed by atoms with E-state index in [-0.39, 0.29) is 22.6 Å². The number of sulfonamides is 1. The summed E-state index contributed by atoms with van der Waals surface area (Å²) in [7, 11) is -3.75. The van der Waals surface area contributed by atoms with Gasteiger partial charge in [-0.3, -0.25) is 4.79 Å². The molecule has 0 amide bonds. The van der Waals surface area contributed by atoms with E-state index in [0.717, 1.165) is 5.56 Å². The van der Waals surface area contributed by atoms with Crippen LogP contribution in [0.4, 0.5) is 0 Å². The highest BCUT2D eigenvalue weighted by atomic mass is 32.2. The first-order valence-corrected chi connectivity index (χ1v) is 10.2. The Hall–Kier alpha value is -1.98. The van der Waals surface area contributed by atoms with Crippen LogP contribution in [0.3, 0.4) is 0 Å². The summed E-state index contributed by atoms with van der Waals surface area (Å²) in [6.45, 7) is 9.85. The van der Waals surface area contributed by atoms with Crippen molar-refractivity contribution in [2.24, 2.45) is 0 Å². The van der Waals surface area contributed by atoms with Gasteiger partial charge in [-0.05, 0) is 30.0 Å². The van der Waals surface area contributed by atoms with Crippen LogP contribution in [0.5, 0.6) is 0 Å². The minimum Gasteiger partial charge on any atom is -0.292 e. The zero-order valence-corrected chi connectivity index (χ0v) is 16.9. The fourth-order valence-corrected chi connectivity index (χ4v) is 4.49. The molecule has 2 rings (SSSR count). The summed E-state index contributed by atoms with van der Waals surface area (Å²) in [6.07, 6.45) is 0. The van der Waals surface area contributed by atoms with Crippen molar-refractivity contribution < 1.29 is 13.2 Å². The number of likely N-dealkylation sites (N-methyl/N-ethyl adjacent to an activating group) is 1. The first-order chi connectivity index (χ1) is 12.1. The number of carbonyl (C=O) groups is 1. The summed E-state index contributed by atoms with van der Waals surface area (Å²) in [6, 6.07) is 14.9. The van der Waals surface area contributed by atoms with Gasteiger partial charge in [-0.25, -0.2) is 8.42 Å². The summed E-state index contributed by atoms with van der Waals surface area (Å²) in [4.78, 5) is 12.9. The molecule has 0 aromatic heterocycles. The van der Waals surface area contributed by atoms with Gasteiger partial charge in [-0.1, -0.05) is 70.2 Å². The molecule has 0 aliphatic heterocycles. The van der Waals surface area contributed by atoms with E-state index in [1.54, 1.807) is 50.2 Å². The Morgan fingerprint density at radius 2 is 1.54 bits per heavy atom. The number of ketones is 1. The van der Waals surface area contributed by atoms with Crippen molar-refractivity contribution in [2.45, 2.75) is 51.0 Å². The molecule has 0 N–H and O–H groups in total. The molecule has 0 saturated heterocycles. The largest absolute Gasteiger partial charge is 0.292 e. The predicted molar refractivity (Wildman–Crippen MR) is 105 cm³/mol. The van der Waals surface area contributed by atoms with Gasteiger partial charge < -0.3 is 0 Å². The van der Waals surface area contributed by atoms with E-state index in [4.69, 9.17) is 0 Å². The summed E-state index contributed by atoms with van der Waals surface area (Å²) in [5.74, 6) is -0.206. The molecule has 140 valence electrons. The second-order valence-electron chi connectivity index (χ2n) is 7.39. The van der Waals surface area contributed by atoms with Crippen LogP contribution in [0.1, 0.15) is 50.5 Å². The van der Waals surface area contributed by atoms with Crippen molar-refractivity contribution in [3.63, 3.8) is 0 Å². The molecule has 0 aliphatic rings. The fraction of sp³-hybridized carbons (Fsp3) is 0.381. The van der Waals surface area contributed by atoms with Gasteiger partial charge >= 0.3 is 0 Å². The third-order valence-corrected chi connectivity index (χ3v) is 6.57. The summed E-state index contributed by atoms with van der Waals surface area (Å²) in [5, 5.41) is 0. The minimum absolute atomic E-state index is 0.0523. The Bertz CT molecular complexity index is 850. The number of hydrogen-bond donors (Lipinski definition) is 0. The van der Waals surface area contributed by atoms with E-state index in [1.807, 2.05) is 18.2 Å². The molecule has 0 radical (unpaired) electrons. The Labute approximate surface area is 156 Å². The van der Waals surface area contributed by atoms with Crippen molar-refractivity contribution in [3.8, 4) is 0 Å². The highest BCUT2D eigenvalue weighted by molar-refractivity contribution is 7.89. The van der Waals surface area contributed by atoms with Gasteiger partial charge in [0.05, 0.1) is 10.9 Å². The maximum atomic E-state index is 13.1. The molecule has 0 fully saturated rings. The van der Waals surface area contributed by atoms with E-state index in [9.17, 15) is 13.2 Å². The van der Waals surface area contributed by atoms with Crippen molar-refractivity contribution in [2.75, 3.05) is 6.54 Å². The SMILES string of the molecule is CCN(C(C)C(=O)c1ccccc1)S(=O)(=O)c1ccc(C(C)(C)C)cc1. The van der Waals surface area contributed by atoms with Crippen LogP contribution in [0.25, 0.3) is 0 Å². The summed E-state index contributed by atoms with van der Waals surface area (Å²) >= 11 is 0. The van der Waals surface area contributed by atoms with Crippen LogP contribution in [0.15, 0.2) is 59.5 Å². The molecule has 0 saturated carbocycles. The van der Waals surface area contributed by atoms with E-state index in [0.29, 0.717) is 5.56 Å². The third kappa shape index (κ3) is 4.22. The van der Waals surface area contributed by atoms with Crippen LogP contribution >= 0.6 is 0 Å². The first kappa shape index (κ1) is 20.3. The zero-order chi connectivity index (χ0) is 19.5. The van der Waals surface area contributed by atoms with E-state index < -0.39 is 16.1 Å². The number of nitrogens with zero attached hydrogens (tertiary/aromatic N) is 1. The molecule has 0 aliphatic carbocycles.